The molecule has 0 aromatic heterocycles. The molecule has 0 spiro atoms. The van der Waals surface area contributed by atoms with Gasteiger partial charge in [-0.15, -0.1) is 0 Å². The highest BCUT2D eigenvalue weighted by Crippen LogP contribution is 2.17. The molecule has 3 amide bonds. The molecule has 0 aliphatic heterocycles. The van der Waals surface area contributed by atoms with Crippen LogP contribution in [0.15, 0.2) is 18.2 Å². The Labute approximate surface area is 116 Å². The Hall–Kier alpha value is -2.57. The molecule has 1 aromatic carbocycles. The van der Waals surface area contributed by atoms with Crippen molar-refractivity contribution in [1.29, 1.82) is 0 Å². The topological polar surface area (TPSA) is 122 Å². The van der Waals surface area contributed by atoms with E-state index in [1.54, 1.807) is 12.1 Å². The number of carboxylic acid groups (broad SMARTS) is 1. The fraction of sp³-hybridized carbons (Fsp3) is 0.308. The minimum Gasteiger partial charge on any atom is -0.480 e. The number of carbonyl (C=O) groups excluding carboxylic acids is 2. The van der Waals surface area contributed by atoms with Crippen LogP contribution in [0.5, 0.6) is 0 Å². The number of benzene rings is 1. The van der Waals surface area contributed by atoms with Gasteiger partial charge in [-0.1, -0.05) is 12.1 Å². The smallest absolute Gasteiger partial charge is 0.326 e. The largest absolute Gasteiger partial charge is 0.480 e. The second-order valence-corrected chi connectivity index (χ2v) is 4.41. The predicted octanol–water partition coefficient (Wildman–Crippen LogP) is 0.754. The standard InChI is InChI=1S/C13H17N3O4/c1-7-4-3-5-9(8(7)2)15-13(20)16-10(12(18)19)6-11(14)17/h3-5,10H,6H2,1-2H3,(H2,14,17)(H,18,19)(H2,15,16,20)/t10-/m1/s1. The van der Waals surface area contributed by atoms with Gasteiger partial charge in [0, 0.05) is 5.69 Å². The van der Waals surface area contributed by atoms with Crippen molar-refractivity contribution in [3.05, 3.63) is 29.3 Å². The summed E-state index contributed by atoms with van der Waals surface area (Å²) in [5, 5.41) is 13.6. The van der Waals surface area contributed by atoms with E-state index in [1.807, 2.05) is 19.9 Å². The molecule has 0 saturated carbocycles. The molecule has 1 rings (SSSR count). The Bertz CT molecular complexity index is 542. The van der Waals surface area contributed by atoms with Crippen LogP contribution >= 0.6 is 0 Å². The van der Waals surface area contributed by atoms with Gasteiger partial charge in [0.15, 0.2) is 0 Å². The summed E-state index contributed by atoms with van der Waals surface area (Å²) < 4.78 is 0. The first-order valence-electron chi connectivity index (χ1n) is 5.96. The Morgan fingerprint density at radius 3 is 2.50 bits per heavy atom. The number of nitrogens with two attached hydrogens (primary N) is 1. The summed E-state index contributed by atoms with van der Waals surface area (Å²) in [6.45, 7) is 3.73. The molecule has 0 bridgehead atoms. The number of primary amides is 1. The minimum atomic E-state index is -1.35. The maximum absolute atomic E-state index is 11.7. The third kappa shape index (κ3) is 4.27. The van der Waals surface area contributed by atoms with Gasteiger partial charge in [-0.2, -0.15) is 0 Å². The lowest BCUT2D eigenvalue weighted by molar-refractivity contribution is -0.140. The summed E-state index contributed by atoms with van der Waals surface area (Å²) in [7, 11) is 0. The molecule has 5 N–H and O–H groups in total. The van der Waals surface area contributed by atoms with Crippen molar-refractivity contribution in [1.82, 2.24) is 5.32 Å². The molecule has 0 fully saturated rings. The van der Waals surface area contributed by atoms with E-state index in [9.17, 15) is 14.4 Å². The van der Waals surface area contributed by atoms with Crippen LogP contribution in [0.2, 0.25) is 0 Å². The molecule has 108 valence electrons. The SMILES string of the molecule is Cc1cccc(NC(=O)N[C@H](CC(N)=O)C(=O)O)c1C. The summed E-state index contributed by atoms with van der Waals surface area (Å²) in [4.78, 5) is 33.4. The molecule has 0 heterocycles. The number of amides is 3. The zero-order valence-electron chi connectivity index (χ0n) is 11.3. The maximum Gasteiger partial charge on any atom is 0.326 e. The quantitative estimate of drug-likeness (QED) is 0.635. The monoisotopic (exact) mass is 279 g/mol. The van der Waals surface area contributed by atoms with Gasteiger partial charge in [0.2, 0.25) is 5.91 Å². The van der Waals surface area contributed by atoms with E-state index >= 15 is 0 Å². The van der Waals surface area contributed by atoms with Crippen LogP contribution in [0.3, 0.4) is 0 Å². The van der Waals surface area contributed by atoms with Crippen LogP contribution in [0.4, 0.5) is 10.5 Å². The number of hydrogen-bond donors (Lipinski definition) is 4. The van der Waals surface area contributed by atoms with E-state index in [-0.39, 0.29) is 0 Å². The highest BCUT2D eigenvalue weighted by Gasteiger charge is 2.22. The average Bonchev–Trinajstić information content (AvgIpc) is 2.33. The number of aryl methyl sites for hydroxylation is 1. The molecule has 1 atom stereocenters. The van der Waals surface area contributed by atoms with Crippen LogP contribution in [0, 0.1) is 13.8 Å². The van der Waals surface area contributed by atoms with E-state index in [1.165, 1.54) is 0 Å². The number of carbonyl (C=O) groups is 3. The summed E-state index contributed by atoms with van der Waals surface area (Å²) in [6.07, 6.45) is -0.463. The molecule has 0 radical (unpaired) electrons. The van der Waals surface area contributed by atoms with Gasteiger partial charge in [-0.25, -0.2) is 9.59 Å². The van der Waals surface area contributed by atoms with Crippen LogP contribution in [0.25, 0.3) is 0 Å². The first-order chi connectivity index (χ1) is 9.31. The third-order valence-corrected chi connectivity index (χ3v) is 2.86. The van der Waals surface area contributed by atoms with E-state index in [4.69, 9.17) is 10.8 Å². The lowest BCUT2D eigenvalue weighted by Crippen LogP contribution is -2.45. The Balaban J connectivity index is 2.73. The molecule has 20 heavy (non-hydrogen) atoms. The molecular weight excluding hydrogens is 262 g/mol. The summed E-state index contributed by atoms with van der Waals surface area (Å²) in [5.41, 5.74) is 7.38. The first kappa shape index (κ1) is 15.5. The molecule has 0 aliphatic rings. The summed E-state index contributed by atoms with van der Waals surface area (Å²) in [5.74, 6) is -2.12. The lowest BCUT2D eigenvalue weighted by atomic mass is 10.1. The Kier molecular flexibility index (Phi) is 5.08. The number of carboxylic acids is 1. The number of anilines is 1. The molecule has 0 unspecified atom stereocenters. The van der Waals surface area contributed by atoms with Gasteiger partial charge in [-0.3, -0.25) is 4.79 Å². The molecular formula is C13H17N3O4. The van der Waals surface area contributed by atoms with Crippen LogP contribution in [0.1, 0.15) is 17.5 Å². The minimum absolute atomic E-state index is 0.463. The second kappa shape index (κ2) is 6.55. The van der Waals surface area contributed by atoms with E-state index in [0.717, 1.165) is 11.1 Å². The summed E-state index contributed by atoms with van der Waals surface area (Å²) in [6, 6.07) is 3.32. The van der Waals surface area contributed by atoms with Gasteiger partial charge in [0.05, 0.1) is 6.42 Å². The van der Waals surface area contributed by atoms with E-state index < -0.39 is 30.4 Å². The lowest BCUT2D eigenvalue weighted by Gasteiger charge is -2.15. The van der Waals surface area contributed by atoms with Gasteiger partial charge in [-0.05, 0) is 31.0 Å². The van der Waals surface area contributed by atoms with Crippen molar-refractivity contribution in [2.24, 2.45) is 5.73 Å². The predicted molar refractivity (Wildman–Crippen MR) is 73.3 cm³/mol. The van der Waals surface area contributed by atoms with Crippen molar-refractivity contribution in [3.8, 4) is 0 Å². The van der Waals surface area contributed by atoms with Crippen LogP contribution < -0.4 is 16.4 Å². The Morgan fingerprint density at radius 2 is 1.95 bits per heavy atom. The van der Waals surface area contributed by atoms with Crippen LogP contribution in [-0.4, -0.2) is 29.1 Å². The van der Waals surface area contributed by atoms with Gasteiger partial charge in [0.1, 0.15) is 6.04 Å². The highest BCUT2D eigenvalue weighted by molar-refractivity contribution is 5.94. The van der Waals surface area contributed by atoms with Crippen molar-refractivity contribution in [2.45, 2.75) is 26.3 Å². The molecule has 7 heteroatoms. The van der Waals surface area contributed by atoms with Crippen molar-refractivity contribution in [2.75, 3.05) is 5.32 Å². The molecule has 7 nitrogen and oxygen atoms in total. The molecule has 0 saturated heterocycles. The highest BCUT2D eigenvalue weighted by atomic mass is 16.4. The van der Waals surface area contributed by atoms with Gasteiger partial charge < -0.3 is 21.5 Å². The third-order valence-electron chi connectivity index (χ3n) is 2.86. The normalized spacial score (nSPS) is 11.5. The number of rotatable bonds is 5. The van der Waals surface area contributed by atoms with E-state index in [0.29, 0.717) is 5.69 Å². The maximum atomic E-state index is 11.7. The van der Waals surface area contributed by atoms with Crippen LogP contribution in [-0.2, 0) is 9.59 Å². The zero-order chi connectivity index (χ0) is 15.3. The number of nitrogens with one attached hydrogen (secondary N) is 2. The second-order valence-electron chi connectivity index (χ2n) is 4.41. The number of aliphatic carboxylic acids is 1. The first-order valence-corrected chi connectivity index (χ1v) is 5.96. The van der Waals surface area contributed by atoms with Gasteiger partial charge >= 0.3 is 12.0 Å². The molecule has 0 aliphatic carbocycles. The number of urea groups is 1. The molecule has 1 aromatic rings. The van der Waals surface area contributed by atoms with Crippen molar-refractivity contribution < 1.29 is 19.5 Å². The fourth-order valence-corrected chi connectivity index (χ4v) is 1.60. The van der Waals surface area contributed by atoms with Crippen molar-refractivity contribution in [3.63, 3.8) is 0 Å². The van der Waals surface area contributed by atoms with Gasteiger partial charge in [0.25, 0.3) is 0 Å². The Morgan fingerprint density at radius 1 is 1.30 bits per heavy atom. The number of hydrogen-bond acceptors (Lipinski definition) is 3. The fourth-order valence-electron chi connectivity index (χ4n) is 1.60. The summed E-state index contributed by atoms with van der Waals surface area (Å²) >= 11 is 0. The van der Waals surface area contributed by atoms with Crippen molar-refractivity contribution >= 4 is 23.6 Å². The van der Waals surface area contributed by atoms with E-state index in [2.05, 4.69) is 10.6 Å². The zero-order valence-corrected chi connectivity index (χ0v) is 11.3. The average molecular weight is 279 g/mol.